The monoisotopic (exact) mass is 531 g/mol. The van der Waals surface area contributed by atoms with Gasteiger partial charge in [-0.15, -0.1) is 6.42 Å². The average Bonchev–Trinajstić information content (AvgIpc) is 3.06. The molecule has 33 heavy (non-hydrogen) atoms. The molecule has 3 rings (SSSR count). The Morgan fingerprint density at radius 1 is 1.12 bits per heavy atom. The van der Waals surface area contributed by atoms with Crippen molar-refractivity contribution in [2.45, 2.75) is 6.92 Å². The molecule has 1 heterocycles. The molecule has 9 heteroatoms. The van der Waals surface area contributed by atoms with Crippen molar-refractivity contribution in [3.8, 4) is 35.3 Å². The van der Waals surface area contributed by atoms with Crippen LogP contribution in [0, 0.1) is 12.3 Å². The average molecular weight is 532 g/mol. The molecule has 7 nitrogen and oxygen atoms in total. The molecule has 0 N–H and O–H groups in total. The van der Waals surface area contributed by atoms with Crippen LogP contribution in [0.15, 0.2) is 45.8 Å². The molecule has 0 saturated carbocycles. The first-order valence-corrected chi connectivity index (χ1v) is 11.6. The zero-order valence-corrected chi connectivity index (χ0v) is 20.5. The molecular formula is C24H22BrNO6S. The van der Waals surface area contributed by atoms with Crippen LogP contribution in [0.3, 0.4) is 0 Å². The number of hydrogen-bond acceptors (Lipinski definition) is 7. The van der Waals surface area contributed by atoms with E-state index in [9.17, 15) is 9.59 Å². The highest BCUT2D eigenvalue weighted by Crippen LogP contribution is 2.39. The second kappa shape index (κ2) is 11.7. The van der Waals surface area contributed by atoms with Gasteiger partial charge in [0.25, 0.3) is 11.1 Å². The van der Waals surface area contributed by atoms with Gasteiger partial charge in [-0.1, -0.05) is 18.1 Å². The molecule has 1 fully saturated rings. The lowest BCUT2D eigenvalue weighted by molar-refractivity contribution is -0.123. The van der Waals surface area contributed by atoms with Crippen LogP contribution in [0.25, 0.3) is 6.08 Å². The minimum atomic E-state index is -0.379. The Morgan fingerprint density at radius 3 is 2.58 bits per heavy atom. The van der Waals surface area contributed by atoms with E-state index in [4.69, 9.17) is 25.4 Å². The van der Waals surface area contributed by atoms with Crippen molar-refractivity contribution >= 4 is 44.9 Å². The van der Waals surface area contributed by atoms with Crippen LogP contribution in [0.4, 0.5) is 4.79 Å². The van der Waals surface area contributed by atoms with Crippen molar-refractivity contribution < 1.29 is 28.5 Å². The summed E-state index contributed by atoms with van der Waals surface area (Å²) in [4.78, 5) is 26.7. The number of para-hydroxylation sites is 2. The van der Waals surface area contributed by atoms with Crippen molar-refractivity contribution in [3.63, 3.8) is 0 Å². The summed E-state index contributed by atoms with van der Waals surface area (Å²) in [6, 6.07) is 10.7. The van der Waals surface area contributed by atoms with Gasteiger partial charge in [-0.05, 0) is 70.5 Å². The van der Waals surface area contributed by atoms with Crippen LogP contribution in [0.1, 0.15) is 12.5 Å². The van der Waals surface area contributed by atoms with Crippen molar-refractivity contribution in [2.24, 2.45) is 0 Å². The highest BCUT2D eigenvalue weighted by molar-refractivity contribution is 9.10. The van der Waals surface area contributed by atoms with E-state index in [1.165, 1.54) is 0 Å². The van der Waals surface area contributed by atoms with Crippen LogP contribution in [0.5, 0.6) is 23.0 Å². The Morgan fingerprint density at radius 2 is 1.88 bits per heavy atom. The summed E-state index contributed by atoms with van der Waals surface area (Å²) in [7, 11) is 1.55. The lowest BCUT2D eigenvalue weighted by Gasteiger charge is -2.15. The van der Waals surface area contributed by atoms with Crippen LogP contribution in [-0.4, -0.2) is 49.5 Å². The highest BCUT2D eigenvalue weighted by atomic mass is 79.9. The summed E-state index contributed by atoms with van der Waals surface area (Å²) in [5, 5.41) is -0.354. The quantitative estimate of drug-likeness (QED) is 0.316. The lowest BCUT2D eigenvalue weighted by atomic mass is 10.2. The van der Waals surface area contributed by atoms with E-state index in [2.05, 4.69) is 21.9 Å². The molecule has 0 bridgehead atoms. The second-order valence-electron chi connectivity index (χ2n) is 6.59. The number of amides is 2. The lowest BCUT2D eigenvalue weighted by Crippen LogP contribution is -2.32. The second-order valence-corrected chi connectivity index (χ2v) is 8.44. The Hall–Kier alpha value is -3.09. The van der Waals surface area contributed by atoms with E-state index in [0.29, 0.717) is 44.5 Å². The van der Waals surface area contributed by atoms with Crippen LogP contribution < -0.4 is 18.9 Å². The third-order valence-electron chi connectivity index (χ3n) is 4.44. The number of carbonyl (C=O) groups excluding carboxylic acids is 2. The van der Waals surface area contributed by atoms with Crippen LogP contribution >= 0.6 is 27.7 Å². The molecule has 2 aromatic carbocycles. The number of thioether (sulfide) groups is 1. The van der Waals surface area contributed by atoms with E-state index in [0.717, 1.165) is 16.7 Å². The number of imide groups is 1. The Bertz CT molecular complexity index is 1110. The maximum absolute atomic E-state index is 12.8. The van der Waals surface area contributed by atoms with E-state index < -0.39 is 0 Å². The van der Waals surface area contributed by atoms with Gasteiger partial charge in [-0.25, -0.2) is 0 Å². The summed E-state index contributed by atoms with van der Waals surface area (Å²) in [6.45, 7) is 2.63. The molecule has 0 unspecified atom stereocenters. The van der Waals surface area contributed by atoms with Gasteiger partial charge < -0.3 is 18.9 Å². The van der Waals surface area contributed by atoms with Crippen LogP contribution in [-0.2, 0) is 4.79 Å². The summed E-state index contributed by atoms with van der Waals surface area (Å²) >= 11 is 4.33. The molecule has 0 aromatic heterocycles. The number of benzene rings is 2. The fourth-order valence-corrected chi connectivity index (χ4v) is 4.46. The van der Waals surface area contributed by atoms with Crippen LogP contribution in [0.2, 0.25) is 0 Å². The molecule has 2 aromatic rings. The predicted octanol–water partition coefficient (Wildman–Crippen LogP) is 4.98. The van der Waals surface area contributed by atoms with Gasteiger partial charge in [0.2, 0.25) is 0 Å². The number of rotatable bonds is 10. The molecule has 1 aliphatic rings. The zero-order chi connectivity index (χ0) is 23.8. The summed E-state index contributed by atoms with van der Waals surface area (Å²) in [6.07, 6.45) is 6.92. The number of ether oxygens (including phenoxy) is 4. The molecule has 0 radical (unpaired) electrons. The number of terminal acetylenes is 1. The molecule has 2 amide bonds. The smallest absolute Gasteiger partial charge is 0.293 e. The molecule has 1 saturated heterocycles. The number of halogens is 1. The maximum Gasteiger partial charge on any atom is 0.293 e. The van der Waals surface area contributed by atoms with Gasteiger partial charge in [-0.2, -0.15) is 0 Å². The van der Waals surface area contributed by atoms with Crippen molar-refractivity contribution in [3.05, 3.63) is 51.3 Å². The highest BCUT2D eigenvalue weighted by Gasteiger charge is 2.35. The molecule has 0 aliphatic carbocycles. The van der Waals surface area contributed by atoms with Gasteiger partial charge in [-0.3, -0.25) is 14.5 Å². The third kappa shape index (κ3) is 6.03. The Labute approximate surface area is 205 Å². The first-order chi connectivity index (χ1) is 16.0. The van der Waals surface area contributed by atoms with E-state index in [1.54, 1.807) is 37.5 Å². The Balaban J connectivity index is 1.73. The van der Waals surface area contributed by atoms with E-state index >= 15 is 0 Å². The zero-order valence-electron chi connectivity index (χ0n) is 18.1. The Kier molecular flexibility index (Phi) is 8.69. The largest absolute Gasteiger partial charge is 0.493 e. The standard InChI is InChI=1S/C24H22BrNO6S/c1-4-11-32-22-17(25)13-16(14-20(22)30-5-2)15-21-23(27)26(24(28)33-21)10-12-31-19-9-7-6-8-18(19)29-3/h1,6-9,13-15H,5,10-12H2,2-3H3/b21-15-. The maximum atomic E-state index is 12.8. The third-order valence-corrected chi connectivity index (χ3v) is 5.94. The normalized spacial score (nSPS) is 14.4. The number of carbonyl (C=O) groups is 2. The van der Waals surface area contributed by atoms with E-state index in [-0.39, 0.29) is 30.9 Å². The number of methoxy groups -OCH3 is 1. The molecular weight excluding hydrogens is 510 g/mol. The van der Waals surface area contributed by atoms with Gasteiger partial charge >= 0.3 is 0 Å². The van der Waals surface area contributed by atoms with Crippen molar-refractivity contribution in [2.75, 3.05) is 33.5 Å². The summed E-state index contributed by atoms with van der Waals surface area (Å²) in [5.41, 5.74) is 0.675. The van der Waals surface area contributed by atoms with Gasteiger partial charge in [0.1, 0.15) is 13.2 Å². The summed E-state index contributed by atoms with van der Waals surface area (Å²) in [5.74, 6) is 4.13. The van der Waals surface area contributed by atoms with Gasteiger partial charge in [0.15, 0.2) is 23.0 Å². The first-order valence-electron chi connectivity index (χ1n) is 10.0. The molecule has 0 spiro atoms. The SMILES string of the molecule is C#CCOc1c(Br)cc(/C=C2\SC(=O)N(CCOc3ccccc3OC)C2=O)cc1OCC. The van der Waals surface area contributed by atoms with Gasteiger partial charge in [0, 0.05) is 0 Å². The van der Waals surface area contributed by atoms with Gasteiger partial charge in [0.05, 0.1) is 29.6 Å². The summed E-state index contributed by atoms with van der Waals surface area (Å²) < 4.78 is 22.8. The van der Waals surface area contributed by atoms with Crippen molar-refractivity contribution in [1.82, 2.24) is 4.90 Å². The first kappa shape index (κ1) is 24.6. The fraction of sp³-hybridized carbons (Fsp3) is 0.250. The van der Waals surface area contributed by atoms with Crippen molar-refractivity contribution in [1.29, 1.82) is 0 Å². The molecule has 1 aliphatic heterocycles. The molecule has 0 atom stereocenters. The number of nitrogens with zero attached hydrogens (tertiary/aromatic N) is 1. The minimum Gasteiger partial charge on any atom is -0.493 e. The molecule has 172 valence electrons. The van der Waals surface area contributed by atoms with E-state index in [1.807, 2.05) is 19.1 Å². The topological polar surface area (TPSA) is 74.3 Å². The predicted molar refractivity (Wildman–Crippen MR) is 131 cm³/mol. The fourth-order valence-electron chi connectivity index (χ4n) is 3.02. The minimum absolute atomic E-state index is 0.0911. The number of hydrogen-bond donors (Lipinski definition) is 0.